The van der Waals surface area contributed by atoms with Gasteiger partial charge in [0.25, 0.3) is 5.91 Å². The average molecular weight is 476 g/mol. The molecule has 1 atom stereocenters. The van der Waals surface area contributed by atoms with Gasteiger partial charge >= 0.3 is 11.8 Å². The van der Waals surface area contributed by atoms with Crippen molar-refractivity contribution >= 4 is 42.9 Å². The number of nitrogens with zero attached hydrogens (tertiary/aromatic N) is 2. The van der Waals surface area contributed by atoms with Crippen LogP contribution in [0.1, 0.15) is 18.2 Å². The standard InChI is InChI=1S/C22H26ClN3O5Si/c1-5-25-13-14-26(19(28)18(25)27)21(30)22(20(23)29,17-7-6-12-24-17)15-8-10-16(11-9-15)31-32(2,3)4/h6-12,24H,5,13-14H2,1-4H3. The second kappa shape index (κ2) is 8.91. The van der Waals surface area contributed by atoms with Gasteiger partial charge in [-0.25, -0.2) is 0 Å². The van der Waals surface area contributed by atoms with E-state index in [1.54, 1.807) is 49.5 Å². The van der Waals surface area contributed by atoms with Crippen molar-refractivity contribution in [2.45, 2.75) is 32.0 Å². The molecule has 170 valence electrons. The Hall–Kier alpha value is -2.91. The van der Waals surface area contributed by atoms with Crippen molar-refractivity contribution in [3.8, 4) is 5.75 Å². The zero-order chi connectivity index (χ0) is 23.7. The highest BCUT2D eigenvalue weighted by molar-refractivity contribution is 6.70. The Kier molecular flexibility index (Phi) is 6.61. The summed E-state index contributed by atoms with van der Waals surface area (Å²) in [6.07, 6.45) is 1.56. The molecule has 1 saturated heterocycles. The van der Waals surface area contributed by atoms with E-state index in [4.69, 9.17) is 16.0 Å². The number of carbonyl (C=O) groups is 4. The fraction of sp³-hybridized carbons (Fsp3) is 0.364. The quantitative estimate of drug-likeness (QED) is 0.287. The molecular weight excluding hydrogens is 450 g/mol. The molecule has 10 heteroatoms. The lowest BCUT2D eigenvalue weighted by atomic mass is 9.77. The normalized spacial score (nSPS) is 16.7. The highest BCUT2D eigenvalue weighted by Gasteiger charge is 2.54. The summed E-state index contributed by atoms with van der Waals surface area (Å²) < 4.78 is 5.97. The van der Waals surface area contributed by atoms with E-state index >= 15 is 0 Å². The third-order valence-electron chi connectivity index (χ3n) is 5.26. The van der Waals surface area contributed by atoms with E-state index in [1.807, 2.05) is 19.6 Å². The Balaban J connectivity index is 2.11. The Morgan fingerprint density at radius 2 is 1.75 bits per heavy atom. The average Bonchev–Trinajstić information content (AvgIpc) is 3.25. The van der Waals surface area contributed by atoms with E-state index in [0.717, 1.165) is 4.90 Å². The van der Waals surface area contributed by atoms with E-state index < -0.39 is 36.7 Å². The molecular formula is C22H26ClN3O5Si. The first kappa shape index (κ1) is 23.7. The van der Waals surface area contributed by atoms with Crippen LogP contribution in [0.4, 0.5) is 0 Å². The summed E-state index contributed by atoms with van der Waals surface area (Å²) in [5.41, 5.74) is -1.54. The molecule has 1 aliphatic rings. The van der Waals surface area contributed by atoms with Crippen LogP contribution in [0.2, 0.25) is 19.6 Å². The van der Waals surface area contributed by atoms with Gasteiger partial charge in [-0.3, -0.25) is 24.1 Å². The van der Waals surface area contributed by atoms with E-state index in [9.17, 15) is 19.2 Å². The summed E-state index contributed by atoms with van der Waals surface area (Å²) >= 11 is 6.09. The molecule has 0 radical (unpaired) electrons. The van der Waals surface area contributed by atoms with Crippen LogP contribution >= 0.6 is 11.6 Å². The van der Waals surface area contributed by atoms with Crippen LogP contribution in [0.15, 0.2) is 42.6 Å². The van der Waals surface area contributed by atoms with Gasteiger partial charge in [0.15, 0.2) is 5.41 Å². The highest BCUT2D eigenvalue weighted by Crippen LogP contribution is 2.37. The number of H-pyrrole nitrogens is 1. The minimum Gasteiger partial charge on any atom is -0.544 e. The van der Waals surface area contributed by atoms with Gasteiger partial charge in [-0.1, -0.05) is 12.1 Å². The topological polar surface area (TPSA) is 99.8 Å². The first-order chi connectivity index (χ1) is 15.0. The van der Waals surface area contributed by atoms with Crippen molar-refractivity contribution in [3.63, 3.8) is 0 Å². The zero-order valence-electron chi connectivity index (χ0n) is 18.5. The van der Waals surface area contributed by atoms with Crippen LogP contribution in [0.3, 0.4) is 0 Å². The number of likely N-dealkylation sites (N-methyl/N-ethyl adjacent to an activating group) is 1. The molecule has 1 aromatic carbocycles. The maximum absolute atomic E-state index is 13.8. The monoisotopic (exact) mass is 475 g/mol. The number of aromatic amines is 1. The van der Waals surface area contributed by atoms with E-state index in [2.05, 4.69) is 4.98 Å². The number of carbonyl (C=O) groups excluding carboxylic acids is 4. The van der Waals surface area contributed by atoms with Crippen molar-refractivity contribution < 1.29 is 23.6 Å². The molecule has 0 aliphatic carbocycles. The van der Waals surface area contributed by atoms with Crippen LogP contribution in [-0.2, 0) is 24.6 Å². The summed E-state index contributed by atoms with van der Waals surface area (Å²) in [4.78, 5) is 57.0. The van der Waals surface area contributed by atoms with Gasteiger partial charge in [-0.05, 0) is 68.0 Å². The van der Waals surface area contributed by atoms with Gasteiger partial charge in [-0.15, -0.1) is 0 Å². The van der Waals surface area contributed by atoms with Crippen molar-refractivity contribution in [3.05, 3.63) is 53.9 Å². The van der Waals surface area contributed by atoms with E-state index in [0.29, 0.717) is 12.3 Å². The molecule has 2 heterocycles. The Bertz CT molecular complexity index is 1030. The third-order valence-corrected chi connectivity index (χ3v) is 6.40. The molecule has 1 aliphatic heterocycles. The molecule has 0 saturated carbocycles. The van der Waals surface area contributed by atoms with Crippen LogP contribution in [0.25, 0.3) is 0 Å². The second-order valence-electron chi connectivity index (χ2n) is 8.49. The number of imide groups is 1. The molecule has 3 rings (SSSR count). The van der Waals surface area contributed by atoms with Crippen molar-refractivity contribution in [1.82, 2.24) is 14.8 Å². The zero-order valence-corrected chi connectivity index (χ0v) is 20.2. The van der Waals surface area contributed by atoms with Gasteiger partial charge in [0.2, 0.25) is 13.6 Å². The molecule has 0 bridgehead atoms. The predicted octanol–water partition coefficient (Wildman–Crippen LogP) is 2.50. The number of amides is 3. The lowest BCUT2D eigenvalue weighted by Gasteiger charge is -2.37. The first-order valence-electron chi connectivity index (χ1n) is 10.3. The molecule has 0 spiro atoms. The maximum Gasteiger partial charge on any atom is 0.318 e. The highest BCUT2D eigenvalue weighted by atomic mass is 35.5. The number of aromatic nitrogens is 1. The maximum atomic E-state index is 13.8. The summed E-state index contributed by atoms with van der Waals surface area (Å²) in [5.74, 6) is -2.03. The minimum atomic E-state index is -2.02. The Morgan fingerprint density at radius 3 is 2.25 bits per heavy atom. The summed E-state index contributed by atoms with van der Waals surface area (Å²) in [7, 11) is -1.87. The number of hydrogen-bond acceptors (Lipinski definition) is 5. The molecule has 1 unspecified atom stereocenters. The summed E-state index contributed by atoms with van der Waals surface area (Å²) in [6, 6.07) is 9.69. The van der Waals surface area contributed by atoms with Crippen LogP contribution < -0.4 is 4.43 Å². The van der Waals surface area contributed by atoms with Gasteiger partial charge in [0.05, 0.1) is 0 Å². The Morgan fingerprint density at radius 1 is 1.09 bits per heavy atom. The van der Waals surface area contributed by atoms with Crippen LogP contribution in [0.5, 0.6) is 5.75 Å². The number of nitrogens with one attached hydrogen (secondary N) is 1. The molecule has 3 amide bonds. The smallest absolute Gasteiger partial charge is 0.318 e. The van der Waals surface area contributed by atoms with Gasteiger partial charge in [-0.2, -0.15) is 0 Å². The van der Waals surface area contributed by atoms with Crippen LogP contribution in [0, 0.1) is 0 Å². The summed E-state index contributed by atoms with van der Waals surface area (Å²) in [6.45, 7) is 8.37. The minimum absolute atomic E-state index is 0.0271. The largest absolute Gasteiger partial charge is 0.544 e. The fourth-order valence-electron chi connectivity index (χ4n) is 3.76. The number of benzene rings is 1. The second-order valence-corrected chi connectivity index (χ2v) is 13.3. The van der Waals surface area contributed by atoms with E-state index in [1.165, 1.54) is 4.90 Å². The lowest BCUT2D eigenvalue weighted by molar-refractivity contribution is -0.162. The molecule has 32 heavy (non-hydrogen) atoms. The third kappa shape index (κ3) is 4.22. The first-order valence-corrected chi connectivity index (χ1v) is 14.1. The van der Waals surface area contributed by atoms with Crippen molar-refractivity contribution in [1.29, 1.82) is 0 Å². The van der Waals surface area contributed by atoms with Gasteiger partial charge < -0.3 is 14.3 Å². The predicted molar refractivity (Wildman–Crippen MR) is 122 cm³/mol. The fourth-order valence-corrected chi connectivity index (χ4v) is 4.90. The molecule has 1 N–H and O–H groups in total. The molecule has 8 nitrogen and oxygen atoms in total. The number of halogens is 1. The Labute approximate surface area is 192 Å². The number of hydrogen-bond donors (Lipinski definition) is 1. The lowest BCUT2D eigenvalue weighted by Crippen LogP contribution is -2.61. The molecule has 2 aromatic rings. The van der Waals surface area contributed by atoms with Gasteiger partial charge in [0.1, 0.15) is 5.75 Å². The van der Waals surface area contributed by atoms with E-state index in [-0.39, 0.29) is 24.3 Å². The number of rotatable bonds is 7. The SMILES string of the molecule is CCN1CCN(C(=O)C(C(=O)Cl)(c2ccc(O[Si](C)(C)C)cc2)c2ccc[nH]2)C(=O)C1=O. The van der Waals surface area contributed by atoms with Gasteiger partial charge in [0, 0.05) is 31.5 Å². The number of piperazine rings is 1. The molecule has 1 fully saturated rings. The van der Waals surface area contributed by atoms with Crippen LogP contribution in [-0.4, -0.2) is 65.7 Å². The van der Waals surface area contributed by atoms with Crippen molar-refractivity contribution in [2.24, 2.45) is 0 Å². The summed E-state index contributed by atoms with van der Waals surface area (Å²) in [5, 5.41) is -0.984. The molecule has 1 aromatic heterocycles. The van der Waals surface area contributed by atoms with Crippen molar-refractivity contribution in [2.75, 3.05) is 19.6 Å².